The van der Waals surface area contributed by atoms with E-state index in [1.807, 2.05) is 0 Å². The van der Waals surface area contributed by atoms with Gasteiger partial charge >= 0.3 is 0 Å². The van der Waals surface area contributed by atoms with E-state index in [9.17, 15) is 0 Å². The average Bonchev–Trinajstić information content (AvgIpc) is 2.30. The van der Waals surface area contributed by atoms with Gasteiger partial charge in [-0.25, -0.2) is 0 Å². The van der Waals surface area contributed by atoms with Crippen molar-refractivity contribution in [3.8, 4) is 0 Å². The van der Waals surface area contributed by atoms with E-state index in [0.717, 1.165) is 18.9 Å². The van der Waals surface area contributed by atoms with Crippen LogP contribution in [0.1, 0.15) is 66.2 Å². The number of hydrogen-bond acceptors (Lipinski definition) is 1. The van der Waals surface area contributed by atoms with Crippen LogP contribution in [0.4, 0.5) is 0 Å². The summed E-state index contributed by atoms with van der Waals surface area (Å²) in [4.78, 5) is 2.31. The third-order valence-electron chi connectivity index (χ3n) is 3.37. The van der Waals surface area contributed by atoms with Crippen LogP contribution in [0.3, 0.4) is 0 Å². The van der Waals surface area contributed by atoms with E-state index in [1.54, 1.807) is 0 Å². The zero-order valence-corrected chi connectivity index (χ0v) is 13.9. The first-order valence-electron chi connectivity index (χ1n) is 7.97. The Bertz CT molecular complexity index is 250. The summed E-state index contributed by atoms with van der Waals surface area (Å²) in [5, 5.41) is 0. The van der Waals surface area contributed by atoms with Gasteiger partial charge in [0.1, 0.15) is 0 Å². The molecule has 112 valence electrons. The maximum Gasteiger partial charge on any atom is 0.0174 e. The lowest BCUT2D eigenvalue weighted by Gasteiger charge is -2.22. The molecule has 0 bridgehead atoms. The van der Waals surface area contributed by atoms with E-state index in [4.69, 9.17) is 0 Å². The van der Waals surface area contributed by atoms with Crippen LogP contribution in [0, 0.1) is 11.8 Å². The molecular weight excluding hydrogens is 230 g/mol. The summed E-state index contributed by atoms with van der Waals surface area (Å²) in [5.74, 6) is 1.55. The zero-order valence-electron chi connectivity index (χ0n) is 13.9. The van der Waals surface area contributed by atoms with Crippen molar-refractivity contribution in [3.05, 3.63) is 24.4 Å². The molecular formula is C18H35N. The second-order valence-electron chi connectivity index (χ2n) is 6.52. The molecule has 0 aromatic rings. The number of rotatable bonds is 11. The van der Waals surface area contributed by atoms with Crippen LogP contribution < -0.4 is 0 Å². The second-order valence-corrected chi connectivity index (χ2v) is 6.52. The lowest BCUT2D eigenvalue weighted by Crippen LogP contribution is -2.19. The van der Waals surface area contributed by atoms with Gasteiger partial charge in [0.15, 0.2) is 0 Å². The lowest BCUT2D eigenvalue weighted by atomic mass is 10.1. The van der Waals surface area contributed by atoms with Crippen molar-refractivity contribution in [2.75, 3.05) is 13.6 Å². The molecule has 1 heteroatoms. The molecule has 0 saturated carbocycles. The molecule has 0 spiro atoms. The van der Waals surface area contributed by atoms with Crippen LogP contribution in [0.5, 0.6) is 0 Å². The number of hydrogen-bond donors (Lipinski definition) is 0. The number of nitrogens with zero attached hydrogens (tertiary/aromatic N) is 1. The van der Waals surface area contributed by atoms with Crippen LogP contribution in [0.15, 0.2) is 24.4 Å². The number of allylic oxidation sites excluding steroid dienone is 3. The fourth-order valence-corrected chi connectivity index (χ4v) is 2.11. The maximum atomic E-state index is 4.16. The van der Waals surface area contributed by atoms with Gasteiger partial charge in [-0.15, -0.1) is 0 Å². The van der Waals surface area contributed by atoms with Gasteiger partial charge < -0.3 is 4.90 Å². The van der Waals surface area contributed by atoms with Gasteiger partial charge in [0.2, 0.25) is 0 Å². The smallest absolute Gasteiger partial charge is 0.0174 e. The zero-order chi connectivity index (χ0) is 14.7. The summed E-state index contributed by atoms with van der Waals surface area (Å²) >= 11 is 0. The van der Waals surface area contributed by atoms with E-state index in [2.05, 4.69) is 58.4 Å². The van der Waals surface area contributed by atoms with Gasteiger partial charge in [0.05, 0.1) is 0 Å². The highest BCUT2D eigenvalue weighted by molar-refractivity contribution is 4.93. The van der Waals surface area contributed by atoms with Gasteiger partial charge in [-0.3, -0.25) is 0 Å². The normalized spacial score (nSPS) is 11.7. The van der Waals surface area contributed by atoms with Crippen LogP contribution in [-0.2, 0) is 0 Å². The first kappa shape index (κ1) is 18.3. The highest BCUT2D eigenvalue weighted by Crippen LogP contribution is 2.12. The first-order valence-corrected chi connectivity index (χ1v) is 7.97. The van der Waals surface area contributed by atoms with E-state index in [-0.39, 0.29) is 0 Å². The van der Waals surface area contributed by atoms with Crippen molar-refractivity contribution in [2.24, 2.45) is 11.8 Å². The fraction of sp³-hybridized carbons (Fsp3) is 0.778. The predicted octanol–water partition coefficient (Wildman–Crippen LogP) is 5.64. The highest BCUT2D eigenvalue weighted by Gasteiger charge is 2.03. The molecule has 1 nitrogen and oxygen atoms in total. The standard InChI is InChI=1S/C18H35N/c1-16(2)13-11-9-7-8-10-12-14-19(6)18(5)15-17(3)4/h7-8,16-17H,5,9-15H2,1-4,6H3/b8-7+. The molecule has 0 aromatic heterocycles. The molecule has 0 atom stereocenters. The highest BCUT2D eigenvalue weighted by atomic mass is 15.1. The summed E-state index contributed by atoms with van der Waals surface area (Å²) in [5.41, 5.74) is 1.27. The monoisotopic (exact) mass is 265 g/mol. The lowest BCUT2D eigenvalue weighted by molar-refractivity contribution is 0.379. The SMILES string of the molecule is C=C(CC(C)C)N(C)CCC/C=C/CCCC(C)C. The van der Waals surface area contributed by atoms with Gasteiger partial charge in [-0.05, 0) is 43.9 Å². The third-order valence-corrected chi connectivity index (χ3v) is 3.37. The molecule has 0 saturated heterocycles. The van der Waals surface area contributed by atoms with Crippen molar-refractivity contribution in [1.82, 2.24) is 4.90 Å². The summed E-state index contributed by atoms with van der Waals surface area (Å²) in [6.07, 6.45) is 12.2. The van der Waals surface area contributed by atoms with Crippen molar-refractivity contribution < 1.29 is 0 Å². The molecule has 0 aromatic carbocycles. The second kappa shape index (κ2) is 11.1. The minimum atomic E-state index is 0.704. The Balaban J connectivity index is 3.52. The molecule has 0 amide bonds. The predicted molar refractivity (Wildman–Crippen MR) is 88.3 cm³/mol. The summed E-state index contributed by atoms with van der Waals surface area (Å²) in [6, 6.07) is 0. The molecule has 0 aliphatic heterocycles. The summed E-state index contributed by atoms with van der Waals surface area (Å²) in [6.45, 7) is 14.4. The minimum absolute atomic E-state index is 0.704. The average molecular weight is 265 g/mol. The van der Waals surface area contributed by atoms with Crippen LogP contribution in [0.2, 0.25) is 0 Å². The van der Waals surface area contributed by atoms with Crippen LogP contribution in [-0.4, -0.2) is 18.5 Å². The Morgan fingerprint density at radius 3 is 2.11 bits per heavy atom. The molecule has 0 aliphatic rings. The quantitative estimate of drug-likeness (QED) is 0.345. The molecule has 0 rings (SSSR count). The van der Waals surface area contributed by atoms with Crippen LogP contribution in [0.25, 0.3) is 0 Å². The largest absolute Gasteiger partial charge is 0.378 e. The molecule has 0 unspecified atom stereocenters. The van der Waals surface area contributed by atoms with Crippen molar-refractivity contribution in [1.29, 1.82) is 0 Å². The minimum Gasteiger partial charge on any atom is -0.378 e. The van der Waals surface area contributed by atoms with E-state index >= 15 is 0 Å². The summed E-state index contributed by atoms with van der Waals surface area (Å²) < 4.78 is 0. The third kappa shape index (κ3) is 12.1. The molecule has 0 N–H and O–H groups in total. The van der Waals surface area contributed by atoms with Gasteiger partial charge in [0, 0.05) is 19.3 Å². The van der Waals surface area contributed by atoms with E-state index in [0.29, 0.717) is 5.92 Å². The van der Waals surface area contributed by atoms with Crippen molar-refractivity contribution in [2.45, 2.75) is 66.2 Å². The number of unbranched alkanes of at least 4 members (excludes halogenated alkanes) is 2. The molecule has 19 heavy (non-hydrogen) atoms. The Labute approximate surface area is 121 Å². The van der Waals surface area contributed by atoms with E-state index in [1.165, 1.54) is 37.8 Å². The first-order chi connectivity index (χ1) is 8.93. The molecule has 0 fully saturated rings. The molecule has 0 radical (unpaired) electrons. The fourth-order valence-electron chi connectivity index (χ4n) is 2.11. The summed E-state index contributed by atoms with van der Waals surface area (Å²) in [7, 11) is 2.16. The van der Waals surface area contributed by atoms with Gasteiger partial charge in [-0.1, -0.05) is 52.8 Å². The maximum absolute atomic E-state index is 4.16. The topological polar surface area (TPSA) is 3.24 Å². The van der Waals surface area contributed by atoms with Gasteiger partial charge in [-0.2, -0.15) is 0 Å². The molecule has 0 aliphatic carbocycles. The molecule has 0 heterocycles. The van der Waals surface area contributed by atoms with Crippen molar-refractivity contribution >= 4 is 0 Å². The Hall–Kier alpha value is -0.720. The van der Waals surface area contributed by atoms with Crippen molar-refractivity contribution in [3.63, 3.8) is 0 Å². The van der Waals surface area contributed by atoms with Gasteiger partial charge in [0.25, 0.3) is 0 Å². The van der Waals surface area contributed by atoms with E-state index < -0.39 is 0 Å². The Morgan fingerprint density at radius 1 is 1.00 bits per heavy atom. The Morgan fingerprint density at radius 2 is 1.58 bits per heavy atom. The van der Waals surface area contributed by atoms with Crippen LogP contribution >= 0.6 is 0 Å². The Kier molecular flexibility index (Phi) is 10.7.